The highest BCUT2D eigenvalue weighted by atomic mass is 16.6. The van der Waals surface area contributed by atoms with Gasteiger partial charge >= 0.3 is 11.9 Å². The van der Waals surface area contributed by atoms with Gasteiger partial charge in [-0.05, 0) is 34.6 Å². The molecule has 0 radical (unpaired) electrons. The largest absolute Gasteiger partial charge is 0.389 e. The average molecular weight is 210 g/mol. The number of rotatable bonds is 3. The summed E-state index contributed by atoms with van der Waals surface area (Å²) in [5, 5.41) is 0. The minimum atomic E-state index is -0.576. The summed E-state index contributed by atoms with van der Waals surface area (Å²) in [5.41, 5.74) is 2.00. The maximum absolute atomic E-state index is 11.4. The van der Waals surface area contributed by atoms with Gasteiger partial charge in [-0.15, -0.1) is 0 Å². The highest BCUT2D eigenvalue weighted by Crippen LogP contribution is 2.11. The van der Waals surface area contributed by atoms with Crippen molar-refractivity contribution in [3.63, 3.8) is 0 Å². The van der Waals surface area contributed by atoms with Gasteiger partial charge in [-0.25, -0.2) is 4.79 Å². The zero-order valence-corrected chi connectivity index (χ0v) is 10.0. The van der Waals surface area contributed by atoms with Gasteiger partial charge in [0.1, 0.15) is 0 Å². The van der Waals surface area contributed by atoms with Crippen molar-refractivity contribution in [2.24, 2.45) is 5.92 Å². The molecule has 3 nitrogen and oxygen atoms in total. The van der Waals surface area contributed by atoms with Gasteiger partial charge < -0.3 is 4.74 Å². The molecule has 0 aromatic heterocycles. The van der Waals surface area contributed by atoms with Gasteiger partial charge in [0.05, 0.1) is 5.92 Å². The van der Waals surface area contributed by atoms with Gasteiger partial charge in [0.2, 0.25) is 0 Å². The van der Waals surface area contributed by atoms with E-state index < -0.39 is 17.9 Å². The molecule has 0 aromatic rings. The molecular formula is C12H18O3. The molecule has 84 valence electrons. The minimum Gasteiger partial charge on any atom is -0.389 e. The third-order valence-corrected chi connectivity index (χ3v) is 2.34. The third kappa shape index (κ3) is 4.11. The van der Waals surface area contributed by atoms with Crippen LogP contribution in [0.25, 0.3) is 0 Å². The summed E-state index contributed by atoms with van der Waals surface area (Å²) in [6.45, 7) is 12.3. The standard InChI is InChI=1S/C12H18O3/c1-7(2)9(5)11(13)15-12(14)10(6)8(3)4/h9H,1H2,2-6H3. The summed E-state index contributed by atoms with van der Waals surface area (Å²) in [6, 6.07) is 0. The van der Waals surface area contributed by atoms with E-state index in [0.717, 1.165) is 5.57 Å². The average Bonchev–Trinajstić information content (AvgIpc) is 2.14. The number of allylic oxidation sites excluding steroid dienone is 1. The second kappa shape index (κ2) is 5.49. The lowest BCUT2D eigenvalue weighted by molar-refractivity contribution is -0.158. The normalized spacial score (nSPS) is 11.5. The van der Waals surface area contributed by atoms with Gasteiger partial charge in [0.15, 0.2) is 0 Å². The Morgan fingerprint density at radius 3 is 1.93 bits per heavy atom. The highest BCUT2D eigenvalue weighted by Gasteiger charge is 2.19. The monoisotopic (exact) mass is 210 g/mol. The third-order valence-electron chi connectivity index (χ3n) is 2.34. The summed E-state index contributed by atoms with van der Waals surface area (Å²) in [5.74, 6) is -1.57. The molecule has 0 N–H and O–H groups in total. The van der Waals surface area contributed by atoms with E-state index in [1.807, 2.05) is 0 Å². The zero-order valence-electron chi connectivity index (χ0n) is 10.0. The van der Waals surface area contributed by atoms with Crippen LogP contribution in [-0.4, -0.2) is 11.9 Å². The van der Waals surface area contributed by atoms with Crippen LogP contribution < -0.4 is 0 Å². The summed E-state index contributed by atoms with van der Waals surface area (Å²) in [6.07, 6.45) is 0. The van der Waals surface area contributed by atoms with Crippen LogP contribution in [0.2, 0.25) is 0 Å². The molecule has 0 spiro atoms. The molecule has 0 saturated carbocycles. The molecule has 0 aromatic carbocycles. The van der Waals surface area contributed by atoms with Gasteiger partial charge in [0, 0.05) is 5.57 Å². The first-order valence-electron chi connectivity index (χ1n) is 4.82. The van der Waals surface area contributed by atoms with Crippen LogP contribution in [0.3, 0.4) is 0 Å². The lowest BCUT2D eigenvalue weighted by Gasteiger charge is -2.10. The van der Waals surface area contributed by atoms with Crippen molar-refractivity contribution in [1.82, 2.24) is 0 Å². The second-order valence-electron chi connectivity index (χ2n) is 3.90. The Kier molecular flexibility index (Phi) is 4.98. The molecule has 0 amide bonds. The Labute approximate surface area is 90.8 Å². The van der Waals surface area contributed by atoms with Crippen molar-refractivity contribution in [2.45, 2.75) is 34.6 Å². The maximum atomic E-state index is 11.4. The fourth-order valence-electron chi connectivity index (χ4n) is 0.662. The maximum Gasteiger partial charge on any atom is 0.341 e. The van der Waals surface area contributed by atoms with Crippen molar-refractivity contribution in [3.8, 4) is 0 Å². The number of carbonyl (C=O) groups is 2. The predicted molar refractivity (Wildman–Crippen MR) is 59.1 cm³/mol. The minimum absolute atomic E-state index is 0.445. The molecule has 1 unspecified atom stereocenters. The number of carbonyl (C=O) groups excluding carboxylic acids is 2. The van der Waals surface area contributed by atoms with Gasteiger partial charge in [-0.2, -0.15) is 0 Å². The first-order chi connectivity index (χ1) is 6.77. The van der Waals surface area contributed by atoms with Crippen LogP contribution >= 0.6 is 0 Å². The molecular weight excluding hydrogens is 192 g/mol. The van der Waals surface area contributed by atoms with Crippen molar-refractivity contribution in [3.05, 3.63) is 23.3 Å². The lowest BCUT2D eigenvalue weighted by atomic mass is 10.1. The Morgan fingerprint density at radius 2 is 1.60 bits per heavy atom. The number of hydrogen-bond donors (Lipinski definition) is 0. The Balaban J connectivity index is 4.52. The topological polar surface area (TPSA) is 43.4 Å². The van der Waals surface area contributed by atoms with Crippen LogP contribution in [0.15, 0.2) is 23.3 Å². The highest BCUT2D eigenvalue weighted by molar-refractivity contribution is 5.97. The smallest absolute Gasteiger partial charge is 0.341 e. The fraction of sp³-hybridized carbons (Fsp3) is 0.500. The van der Waals surface area contributed by atoms with Gasteiger partial charge in [0.25, 0.3) is 0 Å². The van der Waals surface area contributed by atoms with Crippen molar-refractivity contribution >= 4 is 11.9 Å². The summed E-state index contributed by atoms with van der Waals surface area (Å²) in [7, 11) is 0. The zero-order chi connectivity index (χ0) is 12.2. The van der Waals surface area contributed by atoms with Crippen LogP contribution in [0.4, 0.5) is 0 Å². The van der Waals surface area contributed by atoms with E-state index in [1.54, 1.807) is 34.6 Å². The molecule has 15 heavy (non-hydrogen) atoms. The summed E-state index contributed by atoms with van der Waals surface area (Å²) < 4.78 is 4.70. The fourth-order valence-corrected chi connectivity index (χ4v) is 0.662. The molecule has 0 bridgehead atoms. The number of ether oxygens (including phenoxy) is 1. The first kappa shape index (κ1) is 13.6. The number of esters is 2. The van der Waals surface area contributed by atoms with E-state index in [0.29, 0.717) is 11.1 Å². The molecule has 0 saturated heterocycles. The Hall–Kier alpha value is -1.38. The molecule has 3 heteroatoms. The predicted octanol–water partition coefficient (Wildman–Crippen LogP) is 2.62. The van der Waals surface area contributed by atoms with E-state index in [1.165, 1.54) is 0 Å². The van der Waals surface area contributed by atoms with Crippen molar-refractivity contribution in [1.29, 1.82) is 0 Å². The van der Waals surface area contributed by atoms with Crippen LogP contribution in [0.1, 0.15) is 34.6 Å². The van der Waals surface area contributed by atoms with Crippen LogP contribution in [0.5, 0.6) is 0 Å². The molecule has 0 aliphatic carbocycles. The van der Waals surface area contributed by atoms with Crippen LogP contribution in [-0.2, 0) is 14.3 Å². The van der Waals surface area contributed by atoms with E-state index >= 15 is 0 Å². The Bertz CT molecular complexity index is 320. The molecule has 0 aliphatic rings. The number of hydrogen-bond acceptors (Lipinski definition) is 3. The first-order valence-corrected chi connectivity index (χ1v) is 4.82. The van der Waals surface area contributed by atoms with E-state index in [9.17, 15) is 9.59 Å². The summed E-state index contributed by atoms with van der Waals surface area (Å²) >= 11 is 0. The molecule has 0 heterocycles. The van der Waals surface area contributed by atoms with Crippen molar-refractivity contribution in [2.75, 3.05) is 0 Å². The van der Waals surface area contributed by atoms with Gasteiger partial charge in [-0.1, -0.05) is 17.7 Å². The lowest BCUT2D eigenvalue weighted by Crippen LogP contribution is -2.20. The quantitative estimate of drug-likeness (QED) is 0.311. The molecule has 0 fully saturated rings. The van der Waals surface area contributed by atoms with E-state index in [4.69, 9.17) is 4.74 Å². The van der Waals surface area contributed by atoms with E-state index in [2.05, 4.69) is 6.58 Å². The van der Waals surface area contributed by atoms with Crippen molar-refractivity contribution < 1.29 is 14.3 Å². The molecule has 0 aliphatic heterocycles. The van der Waals surface area contributed by atoms with Gasteiger partial charge in [-0.3, -0.25) is 4.79 Å². The molecule has 1 atom stereocenters. The summed E-state index contributed by atoms with van der Waals surface area (Å²) in [4.78, 5) is 22.8. The van der Waals surface area contributed by atoms with E-state index in [-0.39, 0.29) is 0 Å². The Morgan fingerprint density at radius 1 is 1.13 bits per heavy atom. The second-order valence-corrected chi connectivity index (χ2v) is 3.90. The SMILES string of the molecule is C=C(C)C(C)C(=O)OC(=O)C(C)=C(C)C. The molecule has 0 rings (SSSR count). The van der Waals surface area contributed by atoms with Crippen LogP contribution in [0, 0.1) is 5.92 Å².